The Balaban J connectivity index is 1.73. The van der Waals surface area contributed by atoms with Crippen LogP contribution < -0.4 is 9.62 Å². The molecule has 2 amide bonds. The molecule has 1 N–H and O–H groups in total. The van der Waals surface area contributed by atoms with Gasteiger partial charge in [-0.05, 0) is 59.7 Å². The Kier molecular flexibility index (Phi) is 11.2. The van der Waals surface area contributed by atoms with Crippen LogP contribution in [0.2, 0.25) is 10.0 Å². The fourth-order valence-corrected chi connectivity index (χ4v) is 6.71. The van der Waals surface area contributed by atoms with Crippen LogP contribution in [0.5, 0.6) is 0 Å². The molecule has 230 valence electrons. The number of anilines is 1. The Hall–Kier alpha value is -3.07. The smallest absolute Gasteiger partial charge is 0.244 e. The van der Waals surface area contributed by atoms with Gasteiger partial charge in [-0.1, -0.05) is 98.4 Å². The zero-order chi connectivity index (χ0) is 31.1. The number of hydrogen-bond acceptors (Lipinski definition) is 4. The Morgan fingerprint density at radius 1 is 0.953 bits per heavy atom. The van der Waals surface area contributed by atoms with E-state index in [-0.39, 0.29) is 30.8 Å². The Morgan fingerprint density at radius 2 is 1.60 bits per heavy atom. The number of nitrogens with one attached hydrogen (secondary N) is 1. The van der Waals surface area contributed by atoms with E-state index in [0.29, 0.717) is 21.3 Å². The minimum Gasteiger partial charge on any atom is -0.352 e. The van der Waals surface area contributed by atoms with Gasteiger partial charge in [-0.2, -0.15) is 0 Å². The number of carbonyl (C=O) groups is 2. The fourth-order valence-electron chi connectivity index (χ4n) is 5.39. The molecule has 7 nitrogen and oxygen atoms in total. The van der Waals surface area contributed by atoms with Gasteiger partial charge in [-0.3, -0.25) is 13.9 Å². The van der Waals surface area contributed by atoms with E-state index in [4.69, 9.17) is 23.2 Å². The van der Waals surface area contributed by atoms with Gasteiger partial charge >= 0.3 is 0 Å². The number of hydrogen-bond donors (Lipinski definition) is 1. The second-order valence-corrected chi connectivity index (χ2v) is 14.2. The molecule has 10 heteroatoms. The van der Waals surface area contributed by atoms with Gasteiger partial charge in [0.25, 0.3) is 0 Å². The lowest BCUT2D eigenvalue weighted by Gasteiger charge is -2.34. The van der Waals surface area contributed by atoms with Gasteiger partial charge in [0.15, 0.2) is 0 Å². The number of rotatable bonds is 12. The van der Waals surface area contributed by atoms with Crippen molar-refractivity contribution in [1.29, 1.82) is 0 Å². The first-order valence-electron chi connectivity index (χ1n) is 14.6. The van der Waals surface area contributed by atoms with Crippen molar-refractivity contribution in [3.8, 4) is 0 Å². The molecule has 43 heavy (non-hydrogen) atoms. The average Bonchev–Trinajstić information content (AvgIpc) is 3.47. The summed E-state index contributed by atoms with van der Waals surface area (Å²) in [4.78, 5) is 29.7. The molecule has 3 aromatic carbocycles. The summed E-state index contributed by atoms with van der Waals surface area (Å²) in [7, 11) is -3.85. The first-order chi connectivity index (χ1) is 20.4. The van der Waals surface area contributed by atoms with Crippen molar-refractivity contribution in [1.82, 2.24) is 10.2 Å². The molecule has 1 aliphatic carbocycles. The van der Waals surface area contributed by atoms with E-state index in [1.54, 1.807) is 30.3 Å². The summed E-state index contributed by atoms with van der Waals surface area (Å²) in [6.45, 7) is 3.62. The molecular formula is C33H39Cl2N3O4S. The van der Waals surface area contributed by atoms with Gasteiger partial charge in [0, 0.05) is 29.1 Å². The van der Waals surface area contributed by atoms with Crippen molar-refractivity contribution >= 4 is 50.7 Å². The topological polar surface area (TPSA) is 86.8 Å². The lowest BCUT2D eigenvalue weighted by molar-refractivity contribution is -0.140. The number of benzene rings is 3. The van der Waals surface area contributed by atoms with Gasteiger partial charge in [-0.25, -0.2) is 8.42 Å². The van der Waals surface area contributed by atoms with Crippen LogP contribution in [0.25, 0.3) is 0 Å². The zero-order valence-electron chi connectivity index (χ0n) is 24.8. The van der Waals surface area contributed by atoms with E-state index in [2.05, 4.69) is 19.2 Å². The van der Waals surface area contributed by atoms with E-state index < -0.39 is 28.5 Å². The first-order valence-corrected chi connectivity index (χ1v) is 17.2. The van der Waals surface area contributed by atoms with Crippen LogP contribution in [0.4, 0.5) is 5.69 Å². The average molecular weight is 645 g/mol. The SMILES string of the molecule is CC(C)c1ccc(N(CC(=O)N(Cc2ccc(Cl)cc2Cl)C(Cc2ccccc2)C(=O)NC2CCCC2)S(C)(=O)=O)cc1. The molecule has 1 aliphatic rings. The van der Waals surface area contributed by atoms with Crippen molar-refractivity contribution < 1.29 is 18.0 Å². The summed E-state index contributed by atoms with van der Waals surface area (Å²) in [5.74, 6) is -0.535. The van der Waals surface area contributed by atoms with Crippen molar-refractivity contribution in [3.05, 3.63) is 99.5 Å². The largest absolute Gasteiger partial charge is 0.352 e. The quantitative estimate of drug-likeness (QED) is 0.241. The summed E-state index contributed by atoms with van der Waals surface area (Å²) in [5, 5.41) is 3.95. The highest BCUT2D eigenvalue weighted by atomic mass is 35.5. The molecule has 0 radical (unpaired) electrons. The maximum Gasteiger partial charge on any atom is 0.244 e. The van der Waals surface area contributed by atoms with Gasteiger partial charge in [0.05, 0.1) is 11.9 Å². The molecule has 1 saturated carbocycles. The van der Waals surface area contributed by atoms with Crippen LogP contribution in [-0.2, 0) is 32.6 Å². The molecule has 0 aromatic heterocycles. The van der Waals surface area contributed by atoms with Crippen LogP contribution in [0.15, 0.2) is 72.8 Å². The van der Waals surface area contributed by atoms with Crippen LogP contribution in [-0.4, -0.2) is 50.0 Å². The van der Waals surface area contributed by atoms with E-state index in [1.165, 1.54) is 4.90 Å². The highest BCUT2D eigenvalue weighted by Gasteiger charge is 2.34. The molecule has 0 bridgehead atoms. The van der Waals surface area contributed by atoms with Gasteiger partial charge < -0.3 is 10.2 Å². The molecule has 0 saturated heterocycles. The highest BCUT2D eigenvalue weighted by Crippen LogP contribution is 2.27. The minimum absolute atomic E-state index is 0.00564. The van der Waals surface area contributed by atoms with Crippen LogP contribution in [0.1, 0.15) is 62.1 Å². The van der Waals surface area contributed by atoms with E-state index in [9.17, 15) is 18.0 Å². The van der Waals surface area contributed by atoms with Crippen molar-refractivity contribution in [3.63, 3.8) is 0 Å². The summed E-state index contributed by atoms with van der Waals surface area (Å²) in [6, 6.07) is 20.7. The Morgan fingerprint density at radius 3 is 2.19 bits per heavy atom. The molecule has 0 spiro atoms. The molecule has 3 aromatic rings. The molecular weight excluding hydrogens is 605 g/mol. The summed E-state index contributed by atoms with van der Waals surface area (Å²) in [5.41, 5.74) is 2.89. The van der Waals surface area contributed by atoms with Gasteiger partial charge in [0.1, 0.15) is 12.6 Å². The number of sulfonamides is 1. The minimum atomic E-state index is -3.85. The number of halogens is 2. The lowest BCUT2D eigenvalue weighted by Crippen LogP contribution is -2.54. The first kappa shape index (κ1) is 32.8. The monoisotopic (exact) mass is 643 g/mol. The summed E-state index contributed by atoms with van der Waals surface area (Å²) < 4.78 is 27.1. The summed E-state index contributed by atoms with van der Waals surface area (Å²) >= 11 is 12.7. The van der Waals surface area contributed by atoms with Crippen LogP contribution in [0, 0.1) is 0 Å². The number of carbonyl (C=O) groups excluding carboxylic acids is 2. The predicted molar refractivity (Wildman–Crippen MR) is 174 cm³/mol. The molecule has 4 rings (SSSR count). The van der Waals surface area contributed by atoms with Crippen LogP contribution >= 0.6 is 23.2 Å². The third-order valence-electron chi connectivity index (χ3n) is 7.86. The zero-order valence-corrected chi connectivity index (χ0v) is 27.1. The normalized spacial score (nSPS) is 14.5. The molecule has 1 atom stereocenters. The van der Waals surface area contributed by atoms with Gasteiger partial charge in [-0.15, -0.1) is 0 Å². The van der Waals surface area contributed by atoms with E-state index >= 15 is 0 Å². The fraction of sp³-hybridized carbons (Fsp3) is 0.394. The predicted octanol–water partition coefficient (Wildman–Crippen LogP) is 6.58. The van der Waals surface area contributed by atoms with E-state index in [1.807, 2.05) is 42.5 Å². The maximum atomic E-state index is 14.3. The molecule has 0 heterocycles. The summed E-state index contributed by atoms with van der Waals surface area (Å²) in [6.07, 6.45) is 5.17. The second-order valence-electron chi connectivity index (χ2n) is 11.5. The van der Waals surface area contributed by atoms with Gasteiger partial charge in [0.2, 0.25) is 21.8 Å². The van der Waals surface area contributed by atoms with Crippen molar-refractivity contribution in [2.75, 3.05) is 17.1 Å². The molecule has 0 aliphatic heterocycles. The molecule has 1 fully saturated rings. The third-order valence-corrected chi connectivity index (χ3v) is 9.58. The van der Waals surface area contributed by atoms with Crippen molar-refractivity contribution in [2.45, 2.75) is 70.5 Å². The maximum absolute atomic E-state index is 14.3. The number of nitrogens with zero attached hydrogens (tertiary/aromatic N) is 2. The van der Waals surface area contributed by atoms with Crippen molar-refractivity contribution in [2.24, 2.45) is 0 Å². The lowest BCUT2D eigenvalue weighted by atomic mass is 10.0. The number of amides is 2. The second kappa shape index (κ2) is 14.6. The third kappa shape index (κ3) is 8.97. The molecule has 1 unspecified atom stereocenters. The highest BCUT2D eigenvalue weighted by molar-refractivity contribution is 7.92. The van der Waals surface area contributed by atoms with E-state index in [0.717, 1.165) is 47.4 Å². The van der Waals surface area contributed by atoms with Crippen LogP contribution in [0.3, 0.4) is 0 Å². The Bertz CT molecular complexity index is 1510. The standard InChI is InChI=1S/C33H39Cl2N3O4S/c1-23(2)25-14-17-29(18-15-25)38(43(3,41)42)22-32(39)37(21-26-13-16-27(34)20-30(26)35)31(19-24-9-5-4-6-10-24)33(40)36-28-11-7-8-12-28/h4-6,9-10,13-18,20,23,28,31H,7-8,11-12,19,21-22H2,1-3H3,(H,36,40). The Labute approximate surface area is 265 Å².